The number of hydrogen-bond acceptors (Lipinski definition) is 2. The molecule has 0 bridgehead atoms. The molecule has 0 spiro atoms. The van der Waals surface area contributed by atoms with Crippen LogP contribution in [0.3, 0.4) is 0 Å². The molecule has 0 aromatic heterocycles. The molecule has 7 heteroatoms. The van der Waals surface area contributed by atoms with Crippen LogP contribution in [0, 0.1) is 0 Å². The molecule has 0 aliphatic carbocycles. The van der Waals surface area contributed by atoms with Crippen molar-refractivity contribution in [2.24, 2.45) is 11.5 Å². The van der Waals surface area contributed by atoms with Crippen molar-refractivity contribution < 1.29 is 9.72 Å². The number of hydrogen-bond donors (Lipinski definition) is 2. The maximum atomic E-state index is 9.22. The van der Waals surface area contributed by atoms with Crippen LogP contribution in [0.2, 0.25) is 0 Å². The van der Waals surface area contributed by atoms with Gasteiger partial charge in [-0.05, 0) is 6.54 Å². The molecule has 0 atom stereocenters. The number of rotatable bonds is 0. The monoisotopic (exact) mass is 552 g/mol. The summed E-state index contributed by atoms with van der Waals surface area (Å²) in [6.07, 6.45) is 0. The second-order valence-corrected chi connectivity index (χ2v) is 36.6. The van der Waals surface area contributed by atoms with Crippen LogP contribution in [0.5, 0.6) is 0 Å². The van der Waals surface area contributed by atoms with Gasteiger partial charge in [-0.1, -0.05) is 14.4 Å². The molecule has 0 unspecified atom stereocenters. The summed E-state index contributed by atoms with van der Waals surface area (Å²) in [7, 11) is 0. The number of nitrogens with two attached hydrogens (primary N) is 2. The Labute approximate surface area is 113 Å². The maximum absolute atomic E-state index is 9.22. The summed E-state index contributed by atoms with van der Waals surface area (Å²) in [5.41, 5.74) is 9.32. The van der Waals surface area contributed by atoms with Crippen LogP contribution in [-0.2, 0) is 9.72 Å². The summed E-state index contributed by atoms with van der Waals surface area (Å²) in [6, 6.07) is 0. The summed E-state index contributed by atoms with van der Waals surface area (Å²) < 4.78 is 0. The van der Waals surface area contributed by atoms with Crippen LogP contribution in [-0.4, -0.2) is 12.5 Å². The Morgan fingerprint density at radius 2 is 1.42 bits per heavy atom. The second kappa shape index (κ2) is 23.2. The molecular weight excluding hydrogens is 536 g/mol. The van der Waals surface area contributed by atoms with Gasteiger partial charge in [-0.25, -0.2) is 0 Å². The number of amides is 1. The molecule has 78 valence electrons. The van der Waals surface area contributed by atoms with Gasteiger partial charge in [0.1, 0.15) is 0 Å². The quantitative estimate of drug-likeness (QED) is 0.455. The molecular formula is C5H16I3N2OV. The van der Waals surface area contributed by atoms with Crippen LogP contribution in [0.4, 0.5) is 0 Å². The molecule has 1 amide bonds. The van der Waals surface area contributed by atoms with Gasteiger partial charge >= 0.3 is 64.9 Å². The van der Waals surface area contributed by atoms with Crippen molar-refractivity contribution in [3.63, 3.8) is 0 Å². The van der Waals surface area contributed by atoms with E-state index in [9.17, 15) is 4.79 Å². The number of halogens is 3. The van der Waals surface area contributed by atoms with Gasteiger partial charge in [-0.15, -0.1) is 0 Å². The fourth-order valence-corrected chi connectivity index (χ4v) is 0. The van der Waals surface area contributed by atoms with Crippen molar-refractivity contribution in [2.75, 3.05) is 6.54 Å². The first-order chi connectivity index (χ1) is 4.88. The third-order valence-electron chi connectivity index (χ3n) is 0. The fourth-order valence-electron chi connectivity index (χ4n) is 0. The van der Waals surface area contributed by atoms with E-state index in [-0.39, 0.29) is 18.3 Å². The van der Waals surface area contributed by atoms with Crippen LogP contribution in [0.25, 0.3) is 0 Å². The first-order valence-electron chi connectivity index (χ1n) is 2.62. The molecule has 0 saturated heterocycles. The third-order valence-corrected chi connectivity index (χ3v) is 0. The van der Waals surface area contributed by atoms with Gasteiger partial charge in [0, 0.05) is 6.92 Å². The van der Waals surface area contributed by atoms with Crippen molar-refractivity contribution in [3.8, 4) is 0 Å². The summed E-state index contributed by atoms with van der Waals surface area (Å²) in [4.78, 5) is 8.94. The Bertz CT molecular complexity index is 78.3. The molecule has 0 radical (unpaired) electrons. The van der Waals surface area contributed by atoms with E-state index < -0.39 is 0 Å². The van der Waals surface area contributed by atoms with E-state index in [1.165, 1.54) is 6.92 Å². The fraction of sp³-hybridized carbons (Fsp3) is 0.800. The predicted molar refractivity (Wildman–Crippen MR) is 78.4 cm³/mol. The average molecular weight is 552 g/mol. The summed E-state index contributed by atoms with van der Waals surface area (Å²) >= 11 is 7.39. The van der Waals surface area contributed by atoms with Gasteiger partial charge in [0.15, 0.2) is 0 Å². The van der Waals surface area contributed by atoms with Crippen molar-refractivity contribution in [2.45, 2.75) is 21.3 Å². The molecule has 0 saturated carbocycles. The predicted octanol–water partition coefficient (Wildman–Crippen LogP) is 2.75. The molecule has 0 heterocycles. The van der Waals surface area contributed by atoms with Gasteiger partial charge < -0.3 is 11.5 Å². The zero-order chi connectivity index (χ0) is 9.86. The molecule has 0 aromatic rings. The van der Waals surface area contributed by atoms with Gasteiger partial charge in [0.2, 0.25) is 5.91 Å². The molecule has 4 N–H and O–H groups in total. The minimum atomic E-state index is -0.333. The van der Waals surface area contributed by atoms with Crippen LogP contribution in [0.1, 0.15) is 21.3 Å². The molecule has 0 fully saturated rings. The zero-order valence-electron chi connectivity index (χ0n) is 6.35. The summed E-state index contributed by atoms with van der Waals surface area (Å²) in [5.74, 6) is -0.333. The first kappa shape index (κ1) is 23.8. The van der Waals surface area contributed by atoms with E-state index in [1.54, 1.807) is 0 Å². The normalized spacial score (nSPS) is 6.58. The SMILES string of the molecule is C.CC(N)=O.CCN.[I][V]([I])[I]. The standard InChI is InChI=1S/C2H5NO.C2H7N.CH4.3HI.V/c1-2(3)4;1-2-3;;;;;/h1H3,(H2,3,4);2-3H2,1H3;1H4;3*1H;/q;;;;;;+3/p-3. The van der Waals surface area contributed by atoms with Crippen LogP contribution < -0.4 is 11.5 Å². The number of carbonyl (C=O) groups is 1. The molecule has 12 heavy (non-hydrogen) atoms. The van der Waals surface area contributed by atoms with Crippen molar-refractivity contribution in [1.29, 1.82) is 0 Å². The summed E-state index contributed by atoms with van der Waals surface area (Å²) in [6.45, 7) is 3.96. The van der Waals surface area contributed by atoms with Crippen molar-refractivity contribution >= 4 is 65.8 Å². The number of carbonyl (C=O) groups excluding carboxylic acids is 1. The van der Waals surface area contributed by atoms with E-state index in [0.717, 1.165) is 6.54 Å². The zero-order valence-corrected chi connectivity index (χ0v) is 14.2. The Hall–Kier alpha value is 2.20. The van der Waals surface area contributed by atoms with Crippen molar-refractivity contribution in [3.05, 3.63) is 0 Å². The Morgan fingerprint density at radius 3 is 1.42 bits per heavy atom. The van der Waals surface area contributed by atoms with Gasteiger partial charge in [0.25, 0.3) is 0 Å². The van der Waals surface area contributed by atoms with E-state index in [0.29, 0.717) is 0 Å². The molecule has 0 aliphatic rings. The summed E-state index contributed by atoms with van der Waals surface area (Å²) in [5, 5.41) is 0. The van der Waals surface area contributed by atoms with E-state index >= 15 is 0 Å². The third kappa shape index (κ3) is 315. The first-order valence-corrected chi connectivity index (χ1v) is 16.1. The average Bonchev–Trinajstić information content (AvgIpc) is 1.60. The van der Waals surface area contributed by atoms with Crippen LogP contribution in [0.15, 0.2) is 0 Å². The van der Waals surface area contributed by atoms with E-state index in [2.05, 4.69) is 65.7 Å². The topological polar surface area (TPSA) is 69.1 Å². The Morgan fingerprint density at radius 1 is 1.42 bits per heavy atom. The Balaban J connectivity index is -0.0000000389. The van der Waals surface area contributed by atoms with E-state index in [4.69, 9.17) is 5.73 Å². The Kier molecular flexibility index (Phi) is 46.0. The number of primary amides is 1. The minimum absolute atomic E-state index is 0. The molecule has 0 rings (SSSR count). The van der Waals surface area contributed by atoms with Crippen molar-refractivity contribution in [1.82, 2.24) is 0 Å². The van der Waals surface area contributed by atoms with Crippen LogP contribution >= 0.6 is 59.9 Å². The van der Waals surface area contributed by atoms with E-state index in [1.807, 2.05) is 6.92 Å². The van der Waals surface area contributed by atoms with Gasteiger partial charge in [0.05, 0.1) is 0 Å². The second-order valence-electron chi connectivity index (χ2n) is 1.21. The van der Waals surface area contributed by atoms with Gasteiger partial charge in [-0.2, -0.15) is 0 Å². The van der Waals surface area contributed by atoms with Gasteiger partial charge in [-0.3, -0.25) is 4.79 Å². The molecule has 0 aromatic carbocycles. The molecule has 3 nitrogen and oxygen atoms in total. The molecule has 0 aliphatic heterocycles.